The summed E-state index contributed by atoms with van der Waals surface area (Å²) in [4.78, 5) is 25.6. The molecule has 5 heteroatoms. The average molecular weight is 307 g/mol. The van der Waals surface area contributed by atoms with Gasteiger partial charge in [-0.2, -0.15) is 0 Å². The van der Waals surface area contributed by atoms with Crippen LogP contribution in [-0.4, -0.2) is 35.3 Å². The summed E-state index contributed by atoms with van der Waals surface area (Å²) in [6.45, 7) is 1.44. The van der Waals surface area contributed by atoms with Gasteiger partial charge in [0.2, 0.25) is 11.8 Å². The van der Waals surface area contributed by atoms with Crippen molar-refractivity contribution in [1.29, 1.82) is 0 Å². The molecule has 2 aliphatic heterocycles. The fourth-order valence-electron chi connectivity index (χ4n) is 3.27. The van der Waals surface area contributed by atoms with E-state index in [9.17, 15) is 9.59 Å². The van der Waals surface area contributed by atoms with Crippen LogP contribution in [0.15, 0.2) is 24.3 Å². The normalized spacial score (nSPS) is 20.6. The Morgan fingerprint density at radius 3 is 2.67 bits per heavy atom. The largest absolute Gasteiger partial charge is 0.351 e. The Balaban J connectivity index is 1.57. The Morgan fingerprint density at radius 1 is 1.29 bits per heavy atom. The third-order valence-corrected chi connectivity index (χ3v) is 4.79. The summed E-state index contributed by atoms with van der Waals surface area (Å²) in [6.07, 6.45) is 3.64. The molecule has 2 amide bonds. The zero-order valence-corrected chi connectivity index (χ0v) is 12.7. The number of amides is 2. The monoisotopic (exact) mass is 306 g/mol. The van der Waals surface area contributed by atoms with Crippen molar-refractivity contribution in [2.45, 2.75) is 37.6 Å². The maximum absolute atomic E-state index is 12.3. The van der Waals surface area contributed by atoms with E-state index in [1.807, 2.05) is 29.2 Å². The van der Waals surface area contributed by atoms with Gasteiger partial charge in [-0.1, -0.05) is 23.7 Å². The zero-order chi connectivity index (χ0) is 14.9. The number of hydrogen-bond acceptors (Lipinski definition) is 2. The topological polar surface area (TPSA) is 49.4 Å². The molecule has 1 spiro atoms. The number of nitrogens with one attached hydrogen (secondary N) is 1. The van der Waals surface area contributed by atoms with Gasteiger partial charge in [0.1, 0.15) is 0 Å². The lowest BCUT2D eigenvalue weighted by Crippen LogP contribution is -2.52. The molecule has 2 saturated heterocycles. The quantitative estimate of drug-likeness (QED) is 0.910. The number of halogens is 1. The van der Waals surface area contributed by atoms with Crippen LogP contribution < -0.4 is 5.32 Å². The third-order valence-electron chi connectivity index (χ3n) is 4.55. The molecule has 0 aromatic heterocycles. The van der Waals surface area contributed by atoms with E-state index in [-0.39, 0.29) is 17.4 Å². The second kappa shape index (κ2) is 5.68. The summed E-state index contributed by atoms with van der Waals surface area (Å²) < 4.78 is 0. The Labute approximate surface area is 129 Å². The van der Waals surface area contributed by atoms with Crippen molar-refractivity contribution in [2.24, 2.45) is 0 Å². The Kier molecular flexibility index (Phi) is 3.89. The van der Waals surface area contributed by atoms with Crippen molar-refractivity contribution in [3.05, 3.63) is 34.9 Å². The van der Waals surface area contributed by atoms with Crippen molar-refractivity contribution >= 4 is 23.4 Å². The van der Waals surface area contributed by atoms with E-state index in [2.05, 4.69) is 5.32 Å². The lowest BCUT2D eigenvalue weighted by Gasteiger charge is -2.39. The first-order valence-corrected chi connectivity index (χ1v) is 7.77. The molecular weight excluding hydrogens is 288 g/mol. The van der Waals surface area contributed by atoms with E-state index in [0.717, 1.165) is 37.9 Å². The molecule has 0 radical (unpaired) electrons. The van der Waals surface area contributed by atoms with Crippen molar-refractivity contribution in [2.75, 3.05) is 13.1 Å². The van der Waals surface area contributed by atoms with Gasteiger partial charge in [0, 0.05) is 30.1 Å². The number of benzene rings is 1. The Bertz CT molecular complexity index is 565. The van der Waals surface area contributed by atoms with E-state index in [1.165, 1.54) is 0 Å². The predicted octanol–water partition coefficient (Wildman–Crippen LogP) is 2.15. The molecule has 0 atom stereocenters. The molecule has 2 fully saturated rings. The van der Waals surface area contributed by atoms with Crippen LogP contribution in [0, 0.1) is 0 Å². The predicted molar refractivity (Wildman–Crippen MR) is 81.1 cm³/mol. The number of rotatable bonds is 2. The van der Waals surface area contributed by atoms with Crippen LogP contribution in [0.5, 0.6) is 0 Å². The molecule has 0 unspecified atom stereocenters. The van der Waals surface area contributed by atoms with Crippen molar-refractivity contribution in [3.63, 3.8) is 0 Å². The molecule has 1 aromatic carbocycles. The van der Waals surface area contributed by atoms with Gasteiger partial charge in [-0.25, -0.2) is 0 Å². The highest BCUT2D eigenvalue weighted by atomic mass is 35.5. The molecule has 21 heavy (non-hydrogen) atoms. The summed E-state index contributed by atoms with van der Waals surface area (Å²) in [7, 11) is 0. The highest BCUT2D eigenvalue weighted by Crippen LogP contribution is 2.31. The lowest BCUT2D eigenvalue weighted by atomic mass is 9.86. The summed E-state index contributed by atoms with van der Waals surface area (Å²) in [5, 5.41) is 3.75. The van der Waals surface area contributed by atoms with Crippen LogP contribution >= 0.6 is 11.6 Å². The number of hydrogen-bond donors (Lipinski definition) is 1. The minimum atomic E-state index is -0.0517. The van der Waals surface area contributed by atoms with Crippen LogP contribution in [0.1, 0.15) is 31.2 Å². The van der Waals surface area contributed by atoms with Crippen LogP contribution in [0.25, 0.3) is 0 Å². The van der Waals surface area contributed by atoms with Crippen LogP contribution in [0.4, 0.5) is 0 Å². The minimum absolute atomic E-state index is 0.0517. The molecule has 2 heterocycles. The summed E-state index contributed by atoms with van der Waals surface area (Å²) in [5.41, 5.74) is 0.895. The van der Waals surface area contributed by atoms with Gasteiger partial charge in [0.15, 0.2) is 0 Å². The summed E-state index contributed by atoms with van der Waals surface area (Å²) in [5.74, 6) is 0.283. The molecule has 4 nitrogen and oxygen atoms in total. The van der Waals surface area contributed by atoms with Crippen LogP contribution in [0.3, 0.4) is 0 Å². The average Bonchev–Trinajstić information content (AvgIpc) is 2.80. The fourth-order valence-corrected chi connectivity index (χ4v) is 3.48. The maximum Gasteiger partial charge on any atom is 0.226 e. The van der Waals surface area contributed by atoms with E-state index < -0.39 is 0 Å². The molecule has 0 aliphatic carbocycles. The number of likely N-dealkylation sites (tertiary alicyclic amines) is 1. The second-order valence-corrected chi connectivity index (χ2v) is 6.45. The van der Waals surface area contributed by atoms with E-state index in [0.29, 0.717) is 17.9 Å². The lowest BCUT2D eigenvalue weighted by molar-refractivity contribution is -0.132. The van der Waals surface area contributed by atoms with Gasteiger partial charge in [-0.05, 0) is 37.0 Å². The van der Waals surface area contributed by atoms with Gasteiger partial charge >= 0.3 is 0 Å². The molecule has 112 valence electrons. The number of carbonyl (C=O) groups excluding carboxylic acids is 2. The standard InChI is InChI=1S/C16H19ClN2O2/c17-13-3-1-2-12(10-13)11-15(21)19-8-6-16(7-9-19)5-4-14(20)18-16/h1-3,10H,4-9,11H2,(H,18,20). The zero-order valence-electron chi connectivity index (χ0n) is 11.9. The SMILES string of the molecule is O=C1CCC2(CCN(C(=O)Cc3cccc(Cl)c3)CC2)N1. The molecular formula is C16H19ClN2O2. The van der Waals surface area contributed by atoms with Crippen LogP contribution in [0.2, 0.25) is 5.02 Å². The Morgan fingerprint density at radius 2 is 2.05 bits per heavy atom. The first-order chi connectivity index (χ1) is 10.1. The van der Waals surface area contributed by atoms with Crippen molar-refractivity contribution in [1.82, 2.24) is 10.2 Å². The first kappa shape index (κ1) is 14.4. The van der Waals surface area contributed by atoms with Gasteiger partial charge in [0.25, 0.3) is 0 Å². The Hall–Kier alpha value is -1.55. The second-order valence-electron chi connectivity index (χ2n) is 6.02. The van der Waals surface area contributed by atoms with Gasteiger partial charge in [-0.3, -0.25) is 9.59 Å². The highest BCUT2D eigenvalue weighted by Gasteiger charge is 2.40. The minimum Gasteiger partial charge on any atom is -0.351 e. The summed E-state index contributed by atoms with van der Waals surface area (Å²) in [6, 6.07) is 7.43. The van der Waals surface area contributed by atoms with E-state index in [4.69, 9.17) is 11.6 Å². The number of nitrogens with zero attached hydrogens (tertiary/aromatic N) is 1. The van der Waals surface area contributed by atoms with Crippen molar-refractivity contribution in [3.8, 4) is 0 Å². The number of piperidine rings is 1. The van der Waals surface area contributed by atoms with E-state index >= 15 is 0 Å². The van der Waals surface area contributed by atoms with Crippen molar-refractivity contribution < 1.29 is 9.59 Å². The molecule has 3 rings (SSSR count). The molecule has 1 N–H and O–H groups in total. The van der Waals surface area contributed by atoms with Crippen LogP contribution in [-0.2, 0) is 16.0 Å². The molecule has 1 aromatic rings. The fraction of sp³-hybridized carbons (Fsp3) is 0.500. The molecule has 0 bridgehead atoms. The molecule has 2 aliphatic rings. The number of carbonyl (C=O) groups is 2. The first-order valence-electron chi connectivity index (χ1n) is 7.40. The molecule has 0 saturated carbocycles. The van der Waals surface area contributed by atoms with E-state index in [1.54, 1.807) is 0 Å². The van der Waals surface area contributed by atoms with Gasteiger partial charge in [-0.15, -0.1) is 0 Å². The third kappa shape index (κ3) is 3.21. The maximum atomic E-state index is 12.3. The smallest absolute Gasteiger partial charge is 0.226 e. The highest BCUT2D eigenvalue weighted by molar-refractivity contribution is 6.30. The van der Waals surface area contributed by atoms with Gasteiger partial charge < -0.3 is 10.2 Å². The van der Waals surface area contributed by atoms with Gasteiger partial charge in [0.05, 0.1) is 6.42 Å². The summed E-state index contributed by atoms with van der Waals surface area (Å²) >= 11 is 5.94.